The molecule has 1 aromatic carbocycles. The van der Waals surface area contributed by atoms with Gasteiger partial charge in [-0.05, 0) is 18.1 Å². The molecule has 30 heavy (non-hydrogen) atoms. The van der Waals surface area contributed by atoms with Crippen molar-refractivity contribution in [3.05, 3.63) is 54.4 Å². The van der Waals surface area contributed by atoms with Crippen LogP contribution in [0.15, 0.2) is 48.2 Å². The van der Waals surface area contributed by atoms with Crippen molar-refractivity contribution in [3.63, 3.8) is 0 Å². The minimum atomic E-state index is -3.64. The highest BCUT2D eigenvalue weighted by Crippen LogP contribution is 2.28. The Morgan fingerprint density at radius 3 is 2.67 bits per heavy atom. The van der Waals surface area contributed by atoms with E-state index >= 15 is 0 Å². The summed E-state index contributed by atoms with van der Waals surface area (Å²) in [4.78, 5) is 16.5. The molecular weight excluding hydrogens is 426 g/mol. The van der Waals surface area contributed by atoms with Gasteiger partial charge in [0.15, 0.2) is 0 Å². The topological polar surface area (TPSA) is 89.8 Å². The first-order valence-electron chi connectivity index (χ1n) is 9.25. The van der Waals surface area contributed by atoms with Gasteiger partial charge in [0, 0.05) is 47.0 Å². The Labute approximate surface area is 182 Å². The van der Waals surface area contributed by atoms with Crippen molar-refractivity contribution >= 4 is 49.9 Å². The van der Waals surface area contributed by atoms with E-state index < -0.39 is 15.9 Å². The first-order valence-corrected chi connectivity index (χ1v) is 11.7. The van der Waals surface area contributed by atoms with Crippen LogP contribution in [-0.2, 0) is 21.8 Å². The van der Waals surface area contributed by atoms with E-state index in [1.165, 1.54) is 0 Å². The number of hydrogen-bond acceptors (Lipinski definition) is 5. The number of amides is 1. The number of alkyl halides is 1. The van der Waals surface area contributed by atoms with Crippen molar-refractivity contribution in [1.29, 1.82) is 0 Å². The van der Waals surface area contributed by atoms with E-state index in [1.807, 2.05) is 36.4 Å². The first-order chi connectivity index (χ1) is 14.1. The van der Waals surface area contributed by atoms with Crippen LogP contribution in [0.2, 0.25) is 0 Å². The van der Waals surface area contributed by atoms with Crippen LogP contribution in [0.3, 0.4) is 0 Å². The van der Waals surface area contributed by atoms with Crippen LogP contribution in [0.1, 0.15) is 29.8 Å². The second-order valence-corrected chi connectivity index (χ2v) is 9.25. The van der Waals surface area contributed by atoms with Gasteiger partial charge >= 0.3 is 0 Å². The van der Waals surface area contributed by atoms with Crippen LogP contribution in [0.4, 0.5) is 0 Å². The normalized spacial score (nSPS) is 13.0. The minimum absolute atomic E-state index is 0.155. The van der Waals surface area contributed by atoms with Crippen molar-refractivity contribution in [2.75, 3.05) is 18.7 Å². The van der Waals surface area contributed by atoms with Gasteiger partial charge in [0.1, 0.15) is 0 Å². The fourth-order valence-electron chi connectivity index (χ4n) is 2.73. The van der Waals surface area contributed by atoms with Gasteiger partial charge in [0.25, 0.3) is 5.91 Å². The molecule has 1 N–H and O–H groups in total. The fourth-order valence-corrected chi connectivity index (χ4v) is 3.33. The predicted octanol–water partition coefficient (Wildman–Crippen LogP) is 3.70. The second-order valence-electron chi connectivity index (χ2n) is 7.24. The van der Waals surface area contributed by atoms with Gasteiger partial charge in [-0.25, -0.2) is 18.1 Å². The third-order valence-corrected chi connectivity index (χ3v) is 4.89. The third kappa shape index (κ3) is 6.21. The minimum Gasteiger partial charge on any atom is -0.480 e. The molecule has 0 aliphatic heterocycles. The molecule has 1 aromatic heterocycles. The van der Waals surface area contributed by atoms with Gasteiger partial charge in [0.2, 0.25) is 15.9 Å². The van der Waals surface area contributed by atoms with Crippen molar-refractivity contribution in [2.45, 2.75) is 13.8 Å². The lowest BCUT2D eigenvalue weighted by Crippen LogP contribution is -2.29. The molecular formula is C21H26ClN3O4S. The number of nitrogens with one attached hydrogen (secondary N) is 1. The number of allylic oxidation sites excluding steroid dienone is 2. The number of hydrogen-bond donors (Lipinski definition) is 1. The third-order valence-electron chi connectivity index (χ3n) is 4.11. The van der Waals surface area contributed by atoms with Crippen LogP contribution in [0, 0.1) is 5.92 Å². The Bertz CT molecular complexity index is 1110. The van der Waals surface area contributed by atoms with Crippen LogP contribution in [-0.4, -0.2) is 43.5 Å². The second kappa shape index (κ2) is 9.95. The molecule has 1 amide bonds. The van der Waals surface area contributed by atoms with Crippen LogP contribution in [0.25, 0.3) is 16.5 Å². The Balaban J connectivity index is 2.43. The summed E-state index contributed by atoms with van der Waals surface area (Å²) in [6, 6.07) is 4.98. The molecule has 162 valence electrons. The molecule has 0 saturated carbocycles. The summed E-state index contributed by atoms with van der Waals surface area (Å²) in [5, 5.41) is 0.866. The summed E-state index contributed by atoms with van der Waals surface area (Å²) in [5.41, 5.74) is 2.62. The van der Waals surface area contributed by atoms with E-state index in [-0.39, 0.29) is 11.4 Å². The maximum Gasteiger partial charge on any atom is 0.264 e. The van der Waals surface area contributed by atoms with Crippen molar-refractivity contribution in [2.24, 2.45) is 18.0 Å². The standard InChI is InChI=1S/C21H26ClN3O4S/c1-6-15(11-23-20(10-22)29-13-14(2)3)18-12-25(4)19-9-16(7-8-17(18)19)21(26)24-30(5,27)28/h6-9,11-12,14H,1,10,13H2,2-5H3,(H,24,26)/b15-11+,23-20+. The zero-order valence-electron chi connectivity index (χ0n) is 17.5. The molecule has 1 heterocycles. The number of aromatic nitrogens is 1. The lowest BCUT2D eigenvalue weighted by Gasteiger charge is -2.08. The molecule has 0 unspecified atom stereocenters. The SMILES string of the molecule is C=C/C(=C\N=C(/CCl)OCC(C)C)c1cn(C)c2cc(C(=O)NS(C)(=O)=O)ccc12. The number of carbonyl (C=O) groups excluding carboxylic acids is 1. The summed E-state index contributed by atoms with van der Waals surface area (Å²) >= 11 is 5.92. The van der Waals surface area contributed by atoms with E-state index in [4.69, 9.17) is 16.3 Å². The molecule has 9 heteroatoms. The number of rotatable bonds is 8. The summed E-state index contributed by atoms with van der Waals surface area (Å²) in [6.45, 7) is 8.47. The number of fused-ring (bicyclic) bond motifs is 1. The fraction of sp³-hybridized carbons (Fsp3) is 0.333. The number of aryl methyl sites for hydroxylation is 1. The van der Waals surface area contributed by atoms with Gasteiger partial charge in [-0.3, -0.25) is 4.79 Å². The molecule has 2 rings (SSSR count). The number of carbonyl (C=O) groups is 1. The molecule has 0 aliphatic rings. The smallest absolute Gasteiger partial charge is 0.264 e. The number of benzene rings is 1. The van der Waals surface area contributed by atoms with Gasteiger partial charge in [-0.15, -0.1) is 11.6 Å². The predicted molar refractivity (Wildman–Crippen MR) is 122 cm³/mol. The van der Waals surface area contributed by atoms with Crippen LogP contribution >= 0.6 is 11.6 Å². The average Bonchev–Trinajstić information content (AvgIpc) is 2.99. The molecule has 0 saturated heterocycles. The monoisotopic (exact) mass is 451 g/mol. The molecule has 2 aromatic rings. The van der Waals surface area contributed by atoms with Crippen LogP contribution < -0.4 is 4.72 Å². The molecule has 0 atom stereocenters. The molecule has 0 radical (unpaired) electrons. The number of nitrogens with zero attached hydrogens (tertiary/aromatic N) is 2. The lowest BCUT2D eigenvalue weighted by atomic mass is 10.0. The Morgan fingerprint density at radius 2 is 2.10 bits per heavy atom. The highest BCUT2D eigenvalue weighted by atomic mass is 35.5. The molecule has 0 spiro atoms. The Kier molecular flexibility index (Phi) is 7.86. The number of halogens is 1. The summed E-state index contributed by atoms with van der Waals surface area (Å²) < 4.78 is 32.1. The Morgan fingerprint density at radius 1 is 1.40 bits per heavy atom. The molecule has 0 aliphatic carbocycles. The lowest BCUT2D eigenvalue weighted by molar-refractivity contribution is 0.0982. The zero-order chi connectivity index (χ0) is 22.5. The number of sulfonamides is 1. The van der Waals surface area contributed by atoms with E-state index in [0.717, 1.165) is 28.3 Å². The van der Waals surface area contributed by atoms with Crippen molar-refractivity contribution in [1.82, 2.24) is 9.29 Å². The van der Waals surface area contributed by atoms with Crippen molar-refractivity contribution in [3.8, 4) is 0 Å². The van der Waals surface area contributed by atoms with E-state index in [9.17, 15) is 13.2 Å². The van der Waals surface area contributed by atoms with Gasteiger partial charge in [-0.1, -0.05) is 32.6 Å². The van der Waals surface area contributed by atoms with Gasteiger partial charge < -0.3 is 9.30 Å². The van der Waals surface area contributed by atoms with E-state index in [2.05, 4.69) is 11.6 Å². The van der Waals surface area contributed by atoms with E-state index in [1.54, 1.807) is 30.5 Å². The zero-order valence-corrected chi connectivity index (χ0v) is 19.0. The molecule has 0 bridgehead atoms. The highest BCUT2D eigenvalue weighted by molar-refractivity contribution is 7.89. The van der Waals surface area contributed by atoms with Gasteiger partial charge in [-0.2, -0.15) is 0 Å². The number of ether oxygens (including phenoxy) is 1. The first kappa shape index (κ1) is 23.7. The summed E-state index contributed by atoms with van der Waals surface area (Å²) in [7, 11) is -1.80. The van der Waals surface area contributed by atoms with Crippen molar-refractivity contribution < 1.29 is 17.9 Å². The summed E-state index contributed by atoms with van der Waals surface area (Å²) in [5.74, 6) is 0.250. The molecule has 7 nitrogen and oxygen atoms in total. The maximum absolute atomic E-state index is 12.2. The Hall–Kier alpha value is -2.58. The summed E-state index contributed by atoms with van der Waals surface area (Å²) in [6.07, 6.45) is 6.15. The molecule has 0 fully saturated rings. The van der Waals surface area contributed by atoms with Crippen LogP contribution in [0.5, 0.6) is 0 Å². The van der Waals surface area contributed by atoms with E-state index in [0.29, 0.717) is 18.4 Å². The maximum atomic E-state index is 12.2. The quantitative estimate of drug-likeness (QED) is 0.287. The average molecular weight is 452 g/mol. The number of aliphatic imine (C=N–C) groups is 1. The highest BCUT2D eigenvalue weighted by Gasteiger charge is 2.15. The largest absolute Gasteiger partial charge is 0.480 e. The van der Waals surface area contributed by atoms with Gasteiger partial charge in [0.05, 0.1) is 18.7 Å².